The summed E-state index contributed by atoms with van der Waals surface area (Å²) in [6.07, 6.45) is 6.08. The van der Waals surface area contributed by atoms with Crippen LogP contribution >= 0.6 is 35.0 Å². The highest BCUT2D eigenvalue weighted by molar-refractivity contribution is 8.18. The maximum absolute atomic E-state index is 15.0. The van der Waals surface area contributed by atoms with Crippen LogP contribution in [-0.2, 0) is 15.1 Å². The Hall–Kier alpha value is -2.66. The van der Waals surface area contributed by atoms with E-state index >= 15 is 4.39 Å². The van der Waals surface area contributed by atoms with Crippen LogP contribution in [0.2, 0.25) is 10.2 Å². The molecule has 5 heterocycles. The molecule has 1 aromatic heterocycles. The summed E-state index contributed by atoms with van der Waals surface area (Å²) in [4.78, 5) is 45.3. The van der Waals surface area contributed by atoms with Crippen molar-refractivity contribution in [1.82, 2.24) is 25.0 Å². The predicted molar refractivity (Wildman–Crippen MR) is 185 cm³/mol. The summed E-state index contributed by atoms with van der Waals surface area (Å²) in [5.41, 5.74) is 1.49. The second-order valence-corrected chi connectivity index (χ2v) is 15.9. The van der Waals surface area contributed by atoms with Gasteiger partial charge >= 0.3 is 0 Å². The summed E-state index contributed by atoms with van der Waals surface area (Å²) < 4.78 is 15.0. The molecular formula is C35H41Cl2FN6O2S. The lowest BCUT2D eigenvalue weighted by Crippen LogP contribution is -2.62. The van der Waals surface area contributed by atoms with Crippen molar-refractivity contribution in [3.8, 4) is 0 Å². The second kappa shape index (κ2) is 12.0. The topological polar surface area (TPSA) is 81.1 Å². The Morgan fingerprint density at radius 3 is 2.57 bits per heavy atom. The molecule has 47 heavy (non-hydrogen) atoms. The van der Waals surface area contributed by atoms with E-state index in [1.165, 1.54) is 17.8 Å². The third kappa shape index (κ3) is 5.47. The van der Waals surface area contributed by atoms with Crippen LogP contribution in [0.25, 0.3) is 0 Å². The van der Waals surface area contributed by atoms with Gasteiger partial charge in [-0.2, -0.15) is 0 Å². The molecule has 1 N–H and O–H groups in total. The number of amidine groups is 1. The Morgan fingerprint density at radius 2 is 1.94 bits per heavy atom. The number of aromatic nitrogens is 1. The number of allylic oxidation sites excluding steroid dienone is 1. The van der Waals surface area contributed by atoms with E-state index in [2.05, 4.69) is 42.9 Å². The number of thioether (sulfide) groups is 1. The Bertz CT molecular complexity index is 1680. The Morgan fingerprint density at radius 1 is 1.17 bits per heavy atom. The highest BCUT2D eigenvalue weighted by Gasteiger charge is 2.56. The van der Waals surface area contributed by atoms with E-state index in [1.807, 2.05) is 28.9 Å². The third-order valence-electron chi connectivity index (χ3n) is 10.7. The van der Waals surface area contributed by atoms with E-state index in [9.17, 15) is 9.59 Å². The number of fused-ring (bicyclic) bond motifs is 1. The van der Waals surface area contributed by atoms with E-state index in [-0.39, 0.29) is 40.4 Å². The number of rotatable bonds is 6. The fourth-order valence-corrected chi connectivity index (χ4v) is 9.51. The first-order chi connectivity index (χ1) is 22.4. The van der Waals surface area contributed by atoms with Crippen molar-refractivity contribution >= 4 is 51.9 Å². The first-order valence-corrected chi connectivity index (χ1v) is 18.2. The predicted octanol–water partition coefficient (Wildman–Crippen LogP) is 6.89. The molecular weight excluding hydrogens is 658 g/mol. The van der Waals surface area contributed by atoms with Crippen LogP contribution in [0, 0.1) is 11.7 Å². The van der Waals surface area contributed by atoms with E-state index in [0.717, 1.165) is 43.5 Å². The summed E-state index contributed by atoms with van der Waals surface area (Å²) in [7, 11) is 0. The number of nitrogens with one attached hydrogen (secondary N) is 1. The lowest BCUT2D eigenvalue weighted by molar-refractivity contribution is -0.146. The number of aliphatic imine (C=N–C) groups is 1. The molecule has 0 unspecified atom stereocenters. The molecule has 2 amide bonds. The standard InChI is InChI=1S/C35H41Cl2FN6O2S/c1-6-23-9-11-26(31(45)42-18-35(13-14-35)40-16-20(42)4)43(23)32(46)29-28(19(2)3)44-30(21-7-10-24(36)25(38)15-21)34(5,41-33(44)47-29)22-8-12-27(37)39-17-22/h7-8,10,12,15,17,19-20,23,26,30,40H,6,9,11,13-14,16,18H2,1-5H3/t20-,23+,26-,30+,34-/m0/s1. The molecule has 4 aliphatic heterocycles. The second-order valence-electron chi connectivity index (χ2n) is 14.2. The highest BCUT2D eigenvalue weighted by atomic mass is 35.5. The van der Waals surface area contributed by atoms with Gasteiger partial charge in [-0.05, 0) is 87.4 Å². The number of carbonyl (C=O) groups is 2. The molecule has 8 nitrogen and oxygen atoms in total. The van der Waals surface area contributed by atoms with Crippen molar-refractivity contribution in [1.29, 1.82) is 0 Å². The van der Waals surface area contributed by atoms with Gasteiger partial charge in [0, 0.05) is 48.2 Å². The molecule has 2 saturated heterocycles. The van der Waals surface area contributed by atoms with Gasteiger partial charge in [-0.25, -0.2) is 14.4 Å². The van der Waals surface area contributed by atoms with Crippen LogP contribution in [0.5, 0.6) is 0 Å². The molecule has 1 aliphatic carbocycles. The average Bonchev–Trinajstić information content (AvgIpc) is 3.36. The average molecular weight is 700 g/mol. The van der Waals surface area contributed by atoms with Crippen molar-refractivity contribution in [2.75, 3.05) is 13.1 Å². The summed E-state index contributed by atoms with van der Waals surface area (Å²) in [6.45, 7) is 11.8. The Labute approximate surface area is 290 Å². The minimum atomic E-state index is -0.871. The minimum Gasteiger partial charge on any atom is -0.335 e. The monoisotopic (exact) mass is 698 g/mol. The zero-order valence-corrected chi connectivity index (χ0v) is 29.7. The van der Waals surface area contributed by atoms with Gasteiger partial charge in [0.1, 0.15) is 27.5 Å². The maximum atomic E-state index is 15.0. The normalized spacial score (nSPS) is 29.6. The molecule has 5 aliphatic rings. The molecule has 2 aromatic rings. The number of hydrogen-bond donors (Lipinski definition) is 1. The van der Waals surface area contributed by atoms with E-state index < -0.39 is 23.4 Å². The van der Waals surface area contributed by atoms with Gasteiger partial charge in [0.2, 0.25) is 5.91 Å². The van der Waals surface area contributed by atoms with Crippen molar-refractivity contribution in [3.05, 3.63) is 74.3 Å². The number of nitrogens with zero attached hydrogens (tertiary/aromatic N) is 5. The SMILES string of the molecule is CC[C@@H]1CC[C@@H](C(=O)N2CC3(CC3)NC[C@@H]2C)N1C(=O)C1=C(C(C)C)N2C(=N[C@@](C)(c3ccc(Cl)nc3)[C@H]2c2ccc(Cl)c(F)c2)S1. The Balaban J connectivity index is 1.28. The van der Waals surface area contributed by atoms with Crippen molar-refractivity contribution < 1.29 is 14.0 Å². The zero-order chi connectivity index (χ0) is 33.4. The van der Waals surface area contributed by atoms with Gasteiger partial charge in [0.25, 0.3) is 5.91 Å². The largest absolute Gasteiger partial charge is 0.335 e. The van der Waals surface area contributed by atoms with Crippen LogP contribution in [0.15, 0.2) is 52.1 Å². The number of likely N-dealkylation sites (tertiary alicyclic amines) is 1. The number of benzene rings is 1. The molecule has 1 spiro atoms. The first kappa shape index (κ1) is 32.9. The molecule has 12 heteroatoms. The number of pyridine rings is 1. The van der Waals surface area contributed by atoms with Gasteiger partial charge in [0.15, 0.2) is 5.17 Å². The number of halogens is 3. The zero-order valence-electron chi connectivity index (χ0n) is 27.4. The number of carbonyl (C=O) groups excluding carboxylic acids is 2. The molecule has 5 atom stereocenters. The third-order valence-corrected chi connectivity index (χ3v) is 12.3. The lowest BCUT2D eigenvalue weighted by atomic mass is 9.81. The first-order valence-electron chi connectivity index (χ1n) is 16.6. The van der Waals surface area contributed by atoms with Gasteiger partial charge in [-0.3, -0.25) is 9.59 Å². The molecule has 1 aromatic carbocycles. The summed E-state index contributed by atoms with van der Waals surface area (Å²) in [5, 5.41) is 4.70. The Kier molecular flexibility index (Phi) is 8.42. The summed E-state index contributed by atoms with van der Waals surface area (Å²) in [6, 6.07) is 7.51. The molecule has 250 valence electrons. The molecule has 3 fully saturated rings. The number of hydrogen-bond acceptors (Lipinski definition) is 7. The smallest absolute Gasteiger partial charge is 0.263 e. The fourth-order valence-electron chi connectivity index (χ4n) is 7.93. The van der Waals surface area contributed by atoms with Gasteiger partial charge in [-0.1, -0.05) is 56.1 Å². The quantitative estimate of drug-likeness (QED) is 0.331. The van der Waals surface area contributed by atoms with E-state index in [1.54, 1.807) is 18.3 Å². The minimum absolute atomic E-state index is 0.0324. The van der Waals surface area contributed by atoms with E-state index in [0.29, 0.717) is 33.8 Å². The summed E-state index contributed by atoms with van der Waals surface area (Å²) in [5.74, 6) is -0.663. The molecule has 0 radical (unpaired) electrons. The fraction of sp³-hybridized carbons (Fsp3) is 0.543. The molecule has 7 rings (SSSR count). The van der Waals surface area contributed by atoms with Crippen molar-refractivity contribution in [3.63, 3.8) is 0 Å². The molecule has 1 saturated carbocycles. The van der Waals surface area contributed by atoms with Crippen LogP contribution in [0.4, 0.5) is 4.39 Å². The van der Waals surface area contributed by atoms with Gasteiger partial charge in [0.05, 0.1) is 11.1 Å². The number of piperazine rings is 1. The van der Waals surface area contributed by atoms with Crippen molar-refractivity contribution in [2.24, 2.45) is 10.9 Å². The van der Waals surface area contributed by atoms with Crippen molar-refractivity contribution in [2.45, 2.75) is 102 Å². The van der Waals surface area contributed by atoms with Crippen LogP contribution in [0.3, 0.4) is 0 Å². The number of amides is 2. The molecule has 0 bridgehead atoms. The highest BCUT2D eigenvalue weighted by Crippen LogP contribution is 2.56. The van der Waals surface area contributed by atoms with Crippen LogP contribution in [-0.4, -0.2) is 73.4 Å². The maximum Gasteiger partial charge on any atom is 0.263 e. The van der Waals surface area contributed by atoms with E-state index in [4.69, 9.17) is 28.2 Å². The summed E-state index contributed by atoms with van der Waals surface area (Å²) >= 11 is 13.6. The van der Waals surface area contributed by atoms with Crippen LogP contribution < -0.4 is 5.32 Å². The van der Waals surface area contributed by atoms with Gasteiger partial charge in [-0.15, -0.1) is 0 Å². The lowest BCUT2D eigenvalue weighted by Gasteiger charge is -2.42. The van der Waals surface area contributed by atoms with Crippen LogP contribution in [0.1, 0.15) is 83.9 Å². The van der Waals surface area contributed by atoms with Gasteiger partial charge < -0.3 is 20.0 Å².